The van der Waals surface area contributed by atoms with E-state index in [-0.39, 0.29) is 16.9 Å². The van der Waals surface area contributed by atoms with E-state index in [1.165, 1.54) is 6.08 Å². The summed E-state index contributed by atoms with van der Waals surface area (Å²) >= 11 is 0. The second kappa shape index (κ2) is 8.09. The Balaban J connectivity index is 2.36. The molecule has 0 unspecified atom stereocenters. The molecule has 0 radical (unpaired) electrons. The lowest BCUT2D eigenvalue weighted by Gasteiger charge is -2.22. The number of nitrogens with one attached hydrogen (secondary N) is 1. The second-order valence-corrected chi connectivity index (χ2v) is 7.12. The molecule has 0 fully saturated rings. The molecule has 0 saturated heterocycles. The van der Waals surface area contributed by atoms with Gasteiger partial charge in [-0.05, 0) is 54.8 Å². The van der Waals surface area contributed by atoms with E-state index in [0.29, 0.717) is 17.9 Å². The van der Waals surface area contributed by atoms with Crippen molar-refractivity contribution in [2.24, 2.45) is 0 Å². The zero-order valence-corrected chi connectivity index (χ0v) is 16.1. The predicted octanol–water partition coefficient (Wildman–Crippen LogP) is 5.03. The first kappa shape index (κ1) is 19.6. The highest BCUT2D eigenvalue weighted by Gasteiger charge is 2.20. The third-order valence-electron chi connectivity index (χ3n) is 4.11. The van der Waals surface area contributed by atoms with Crippen LogP contribution >= 0.6 is 0 Å². The van der Waals surface area contributed by atoms with Gasteiger partial charge in [0, 0.05) is 35.5 Å². The summed E-state index contributed by atoms with van der Waals surface area (Å²) < 4.78 is 5.62. The summed E-state index contributed by atoms with van der Waals surface area (Å²) in [5, 5.41) is 13.3. The molecule has 0 atom stereocenters. The van der Waals surface area contributed by atoms with Crippen LogP contribution in [-0.4, -0.2) is 24.5 Å². The van der Waals surface area contributed by atoms with Crippen molar-refractivity contribution in [3.8, 4) is 11.5 Å². The minimum Gasteiger partial charge on any atom is -0.508 e. The van der Waals surface area contributed by atoms with Crippen LogP contribution in [0, 0.1) is 0 Å². The quantitative estimate of drug-likeness (QED) is 0.565. The number of carbonyl (C=O) groups is 1. The molecule has 0 aromatic heterocycles. The molecule has 2 aromatic rings. The maximum Gasteiger partial charge on any atom is 0.185 e. The number of carbonyl (C=O) groups excluding carboxylic acids is 1. The molecule has 0 amide bonds. The van der Waals surface area contributed by atoms with E-state index in [1.807, 2.05) is 52.9 Å². The number of ether oxygens (including phenoxy) is 1. The first-order chi connectivity index (χ1) is 12.3. The van der Waals surface area contributed by atoms with E-state index in [4.69, 9.17) is 4.74 Å². The summed E-state index contributed by atoms with van der Waals surface area (Å²) in [6.45, 7) is 8.46. The van der Waals surface area contributed by atoms with E-state index >= 15 is 0 Å². The van der Waals surface area contributed by atoms with Crippen LogP contribution in [0.4, 0.5) is 5.69 Å². The molecule has 0 aliphatic heterocycles. The number of phenols is 1. The maximum absolute atomic E-state index is 12.4. The Labute approximate surface area is 155 Å². The van der Waals surface area contributed by atoms with Crippen LogP contribution in [0.1, 0.15) is 49.2 Å². The van der Waals surface area contributed by atoms with Crippen LogP contribution in [0.2, 0.25) is 0 Å². The molecular formula is C22H27NO3. The monoisotopic (exact) mass is 353 g/mol. The average molecular weight is 353 g/mol. The number of hydrogen-bond donors (Lipinski definition) is 2. The van der Waals surface area contributed by atoms with E-state index in [2.05, 4.69) is 5.32 Å². The highest BCUT2D eigenvalue weighted by atomic mass is 16.5. The number of anilines is 1. The first-order valence-electron chi connectivity index (χ1n) is 8.76. The van der Waals surface area contributed by atoms with Gasteiger partial charge in [-0.2, -0.15) is 0 Å². The van der Waals surface area contributed by atoms with Gasteiger partial charge in [0.05, 0.1) is 6.61 Å². The van der Waals surface area contributed by atoms with Crippen LogP contribution in [-0.2, 0) is 5.41 Å². The molecule has 26 heavy (non-hydrogen) atoms. The fourth-order valence-corrected chi connectivity index (χ4v) is 2.66. The van der Waals surface area contributed by atoms with Gasteiger partial charge in [0.2, 0.25) is 0 Å². The molecule has 2 aromatic carbocycles. The molecule has 0 saturated carbocycles. The number of ketones is 1. The Morgan fingerprint density at radius 1 is 1.19 bits per heavy atom. The van der Waals surface area contributed by atoms with Crippen molar-refractivity contribution in [1.29, 1.82) is 0 Å². The van der Waals surface area contributed by atoms with Gasteiger partial charge in [-0.1, -0.05) is 20.8 Å². The second-order valence-electron chi connectivity index (χ2n) is 7.12. The average Bonchev–Trinajstić information content (AvgIpc) is 2.60. The van der Waals surface area contributed by atoms with Gasteiger partial charge < -0.3 is 15.2 Å². The fourth-order valence-electron chi connectivity index (χ4n) is 2.66. The molecule has 0 aliphatic rings. The van der Waals surface area contributed by atoms with Crippen molar-refractivity contribution in [2.45, 2.75) is 33.1 Å². The number of allylic oxidation sites excluding steroid dienone is 1. The Hall–Kier alpha value is -2.75. The number of benzene rings is 2. The molecule has 0 spiro atoms. The highest BCUT2D eigenvalue weighted by molar-refractivity contribution is 6.07. The standard InChI is InChI=1S/C22H27NO3/c1-6-26-21-14-20(25)18(22(2,3)4)13-16(21)9-12-19(24)15-7-10-17(23-5)11-8-15/h7-14,23,25H,6H2,1-5H3. The van der Waals surface area contributed by atoms with Gasteiger partial charge in [-0.25, -0.2) is 0 Å². The molecule has 4 heteroatoms. The van der Waals surface area contributed by atoms with Crippen molar-refractivity contribution < 1.29 is 14.6 Å². The van der Waals surface area contributed by atoms with Gasteiger partial charge in [0.25, 0.3) is 0 Å². The largest absolute Gasteiger partial charge is 0.508 e. The zero-order valence-electron chi connectivity index (χ0n) is 16.1. The normalized spacial score (nSPS) is 11.6. The van der Waals surface area contributed by atoms with Gasteiger partial charge in [-0.15, -0.1) is 0 Å². The van der Waals surface area contributed by atoms with Crippen LogP contribution in [0.5, 0.6) is 11.5 Å². The molecule has 0 aliphatic carbocycles. The van der Waals surface area contributed by atoms with Gasteiger partial charge >= 0.3 is 0 Å². The SMILES string of the molecule is CCOc1cc(O)c(C(C)(C)C)cc1C=CC(=O)c1ccc(NC)cc1. The molecule has 0 heterocycles. The Bertz CT molecular complexity index is 799. The summed E-state index contributed by atoms with van der Waals surface area (Å²) in [5.41, 5.74) is 2.94. The summed E-state index contributed by atoms with van der Waals surface area (Å²) in [6, 6.07) is 10.8. The van der Waals surface area contributed by atoms with E-state index in [9.17, 15) is 9.90 Å². The van der Waals surface area contributed by atoms with Crippen molar-refractivity contribution >= 4 is 17.5 Å². The lowest BCUT2D eigenvalue weighted by atomic mass is 9.85. The smallest absolute Gasteiger partial charge is 0.185 e. The molecule has 0 bridgehead atoms. The molecule has 4 nitrogen and oxygen atoms in total. The first-order valence-corrected chi connectivity index (χ1v) is 8.76. The number of aromatic hydroxyl groups is 1. The highest BCUT2D eigenvalue weighted by Crippen LogP contribution is 2.36. The Kier molecular flexibility index (Phi) is 6.09. The van der Waals surface area contributed by atoms with Crippen LogP contribution in [0.15, 0.2) is 42.5 Å². The lowest BCUT2D eigenvalue weighted by Crippen LogP contribution is -2.12. The zero-order chi connectivity index (χ0) is 19.3. The van der Waals surface area contributed by atoms with E-state index in [0.717, 1.165) is 16.8 Å². The van der Waals surface area contributed by atoms with E-state index in [1.54, 1.807) is 24.3 Å². The Morgan fingerprint density at radius 3 is 2.38 bits per heavy atom. The summed E-state index contributed by atoms with van der Waals surface area (Å²) in [5.74, 6) is 0.681. The van der Waals surface area contributed by atoms with Crippen LogP contribution in [0.25, 0.3) is 6.08 Å². The number of hydrogen-bond acceptors (Lipinski definition) is 4. The van der Waals surface area contributed by atoms with Crippen molar-refractivity contribution in [3.05, 3.63) is 59.2 Å². The Morgan fingerprint density at radius 2 is 1.85 bits per heavy atom. The van der Waals surface area contributed by atoms with Gasteiger partial charge in [-0.3, -0.25) is 4.79 Å². The van der Waals surface area contributed by atoms with Crippen LogP contribution < -0.4 is 10.1 Å². The maximum atomic E-state index is 12.4. The predicted molar refractivity (Wildman–Crippen MR) is 107 cm³/mol. The lowest BCUT2D eigenvalue weighted by molar-refractivity contribution is 0.104. The molecular weight excluding hydrogens is 326 g/mol. The van der Waals surface area contributed by atoms with Gasteiger partial charge in [0.15, 0.2) is 5.78 Å². The molecule has 138 valence electrons. The van der Waals surface area contributed by atoms with Crippen molar-refractivity contribution in [2.75, 3.05) is 19.0 Å². The summed E-state index contributed by atoms with van der Waals surface area (Å²) in [4.78, 5) is 12.4. The van der Waals surface area contributed by atoms with Crippen molar-refractivity contribution in [3.63, 3.8) is 0 Å². The minimum absolute atomic E-state index is 0.0829. The van der Waals surface area contributed by atoms with E-state index < -0.39 is 0 Å². The third-order valence-corrected chi connectivity index (χ3v) is 4.11. The van der Waals surface area contributed by atoms with Gasteiger partial charge in [0.1, 0.15) is 11.5 Å². The minimum atomic E-state index is -0.218. The topological polar surface area (TPSA) is 58.6 Å². The number of phenolic OH excluding ortho intramolecular Hbond substituents is 1. The van der Waals surface area contributed by atoms with Crippen LogP contribution in [0.3, 0.4) is 0 Å². The summed E-state index contributed by atoms with van der Waals surface area (Å²) in [6.07, 6.45) is 3.28. The molecule has 2 N–H and O–H groups in total. The fraction of sp³-hybridized carbons (Fsp3) is 0.318. The molecule has 2 rings (SSSR count). The third kappa shape index (κ3) is 4.66. The summed E-state index contributed by atoms with van der Waals surface area (Å²) in [7, 11) is 1.84. The van der Waals surface area contributed by atoms with Crippen molar-refractivity contribution in [1.82, 2.24) is 0 Å². The number of rotatable bonds is 6.